The highest BCUT2D eigenvalue weighted by Crippen LogP contribution is 2.41. The Bertz CT molecular complexity index is 1220. The van der Waals surface area contributed by atoms with Gasteiger partial charge in [-0.25, -0.2) is 0 Å². The molecule has 0 saturated carbocycles. The second-order valence-electron chi connectivity index (χ2n) is 7.31. The Balaban J connectivity index is 1.66. The van der Waals surface area contributed by atoms with Gasteiger partial charge < -0.3 is 14.8 Å². The van der Waals surface area contributed by atoms with Crippen LogP contribution in [-0.2, 0) is 17.6 Å². The van der Waals surface area contributed by atoms with Crippen LogP contribution < -0.4 is 14.8 Å². The minimum atomic E-state index is -4.49. The summed E-state index contributed by atoms with van der Waals surface area (Å²) in [6.45, 7) is 2.59. The maximum absolute atomic E-state index is 13.0. The van der Waals surface area contributed by atoms with Gasteiger partial charge >= 0.3 is 6.18 Å². The van der Waals surface area contributed by atoms with Crippen molar-refractivity contribution in [2.45, 2.75) is 19.7 Å². The highest BCUT2D eigenvalue weighted by Gasteiger charge is 2.33. The summed E-state index contributed by atoms with van der Waals surface area (Å²) >= 11 is 3.51. The molecular formula is C25H19BrF3NO3. The number of carbonyl (C=O) groups is 1. The number of fused-ring (bicyclic) bond motifs is 1. The minimum absolute atomic E-state index is 0.132. The van der Waals surface area contributed by atoms with Crippen LogP contribution in [0.2, 0.25) is 0 Å². The lowest BCUT2D eigenvalue weighted by Crippen LogP contribution is -2.06. The molecule has 1 aliphatic heterocycles. The summed E-state index contributed by atoms with van der Waals surface area (Å²) in [7, 11) is 0. The van der Waals surface area contributed by atoms with Gasteiger partial charge in [-0.2, -0.15) is 13.2 Å². The molecule has 0 aromatic heterocycles. The van der Waals surface area contributed by atoms with Gasteiger partial charge in [-0.3, -0.25) is 4.79 Å². The molecule has 170 valence electrons. The molecule has 0 unspecified atom stereocenters. The largest absolute Gasteiger partial charge is 0.490 e. The molecule has 33 heavy (non-hydrogen) atoms. The lowest BCUT2D eigenvalue weighted by Gasteiger charge is -2.15. The van der Waals surface area contributed by atoms with Crippen LogP contribution in [0.5, 0.6) is 11.5 Å². The molecule has 1 heterocycles. The van der Waals surface area contributed by atoms with Gasteiger partial charge in [0, 0.05) is 16.8 Å². The predicted molar refractivity (Wildman–Crippen MR) is 124 cm³/mol. The molecule has 8 heteroatoms. The van der Waals surface area contributed by atoms with E-state index in [1.165, 1.54) is 6.07 Å². The number of carbonyl (C=O) groups excluding carboxylic acids is 1. The summed E-state index contributed by atoms with van der Waals surface area (Å²) in [6.07, 6.45) is -2.87. The molecular weight excluding hydrogens is 499 g/mol. The fourth-order valence-electron chi connectivity index (χ4n) is 3.48. The normalized spacial score (nSPS) is 14.2. The Morgan fingerprint density at radius 2 is 1.79 bits per heavy atom. The van der Waals surface area contributed by atoms with Crippen molar-refractivity contribution in [1.29, 1.82) is 0 Å². The van der Waals surface area contributed by atoms with E-state index in [-0.39, 0.29) is 11.3 Å². The standard InChI is InChI=1S/C25H19BrF3NO3/c1-2-32-22-12-16(11-20(26)23(22)33-14-15-6-4-3-5-7-15)10-19-18-9-8-17(25(27,28)29)13-21(18)30-24(19)31/h3-13H,2,14H2,1H3,(H,30,31)/b19-10-. The van der Waals surface area contributed by atoms with Gasteiger partial charge in [-0.15, -0.1) is 0 Å². The predicted octanol–water partition coefficient (Wildman–Crippen LogP) is 6.94. The third-order valence-corrected chi connectivity index (χ3v) is 5.59. The molecule has 0 spiro atoms. The number of hydrogen-bond donors (Lipinski definition) is 1. The van der Waals surface area contributed by atoms with Crippen LogP contribution in [0.25, 0.3) is 11.6 Å². The zero-order valence-corrected chi connectivity index (χ0v) is 19.1. The van der Waals surface area contributed by atoms with Crippen LogP contribution in [-0.4, -0.2) is 12.5 Å². The van der Waals surface area contributed by atoms with Crippen molar-refractivity contribution in [2.24, 2.45) is 0 Å². The first-order chi connectivity index (χ1) is 15.8. The molecule has 1 amide bonds. The minimum Gasteiger partial charge on any atom is -0.490 e. The summed E-state index contributed by atoms with van der Waals surface area (Å²) in [4.78, 5) is 12.5. The zero-order valence-electron chi connectivity index (χ0n) is 17.5. The van der Waals surface area contributed by atoms with Crippen LogP contribution >= 0.6 is 15.9 Å². The molecule has 0 fully saturated rings. The van der Waals surface area contributed by atoms with E-state index < -0.39 is 17.6 Å². The fourth-order valence-corrected chi connectivity index (χ4v) is 4.06. The number of anilines is 1. The van der Waals surface area contributed by atoms with Crippen molar-refractivity contribution in [3.8, 4) is 11.5 Å². The lowest BCUT2D eigenvalue weighted by atomic mass is 10.0. The van der Waals surface area contributed by atoms with Gasteiger partial charge in [0.15, 0.2) is 11.5 Å². The third kappa shape index (κ3) is 5.06. The Hall–Kier alpha value is -3.26. The summed E-state index contributed by atoms with van der Waals surface area (Å²) in [5, 5.41) is 2.51. The SMILES string of the molecule is CCOc1cc(/C=C2\C(=O)Nc3cc(C(F)(F)F)ccc32)cc(Br)c1OCc1ccccc1. The molecule has 0 aliphatic carbocycles. The number of amides is 1. The average Bonchev–Trinajstić information content (AvgIpc) is 3.08. The first-order valence-electron chi connectivity index (χ1n) is 10.1. The van der Waals surface area contributed by atoms with Crippen LogP contribution in [0.1, 0.15) is 29.2 Å². The second kappa shape index (κ2) is 9.31. The summed E-state index contributed by atoms with van der Waals surface area (Å²) in [5.41, 5.74) is 1.63. The molecule has 4 rings (SSSR count). The molecule has 3 aromatic rings. The van der Waals surface area contributed by atoms with Crippen molar-refractivity contribution in [3.63, 3.8) is 0 Å². The number of hydrogen-bond acceptors (Lipinski definition) is 3. The number of benzene rings is 3. The Kier molecular flexibility index (Phi) is 6.47. The highest BCUT2D eigenvalue weighted by molar-refractivity contribution is 9.10. The van der Waals surface area contributed by atoms with E-state index in [2.05, 4.69) is 21.2 Å². The Morgan fingerprint density at radius 1 is 1.03 bits per heavy atom. The van der Waals surface area contributed by atoms with Crippen molar-refractivity contribution in [3.05, 3.63) is 87.4 Å². The van der Waals surface area contributed by atoms with E-state index in [1.807, 2.05) is 37.3 Å². The summed E-state index contributed by atoms with van der Waals surface area (Å²) in [6, 6.07) is 16.4. The first-order valence-corrected chi connectivity index (χ1v) is 10.9. The number of rotatable bonds is 6. The lowest BCUT2D eigenvalue weighted by molar-refractivity contribution is -0.137. The molecule has 1 N–H and O–H groups in total. The molecule has 0 saturated heterocycles. The molecule has 4 nitrogen and oxygen atoms in total. The van der Waals surface area contributed by atoms with E-state index in [1.54, 1.807) is 18.2 Å². The van der Waals surface area contributed by atoms with Gasteiger partial charge in [0.2, 0.25) is 0 Å². The summed E-state index contributed by atoms with van der Waals surface area (Å²) < 4.78 is 51.4. The van der Waals surface area contributed by atoms with Crippen LogP contribution in [0, 0.1) is 0 Å². The van der Waals surface area contributed by atoms with E-state index in [4.69, 9.17) is 9.47 Å². The smallest absolute Gasteiger partial charge is 0.416 e. The van der Waals surface area contributed by atoms with Gasteiger partial charge in [0.1, 0.15) is 6.61 Å². The number of ether oxygens (including phenoxy) is 2. The van der Waals surface area contributed by atoms with Crippen LogP contribution in [0.15, 0.2) is 65.1 Å². The third-order valence-electron chi connectivity index (χ3n) is 5.00. The molecule has 1 aliphatic rings. The maximum Gasteiger partial charge on any atom is 0.416 e. The highest BCUT2D eigenvalue weighted by atomic mass is 79.9. The van der Waals surface area contributed by atoms with Crippen LogP contribution in [0.4, 0.5) is 18.9 Å². The van der Waals surface area contributed by atoms with Crippen molar-refractivity contribution in [2.75, 3.05) is 11.9 Å². The molecule has 3 aromatic carbocycles. The first kappa shape index (κ1) is 22.9. The van der Waals surface area contributed by atoms with Gasteiger partial charge in [-0.05, 0) is 64.3 Å². The van der Waals surface area contributed by atoms with Gasteiger partial charge in [-0.1, -0.05) is 36.4 Å². The Labute approximate surface area is 197 Å². The summed E-state index contributed by atoms with van der Waals surface area (Å²) in [5.74, 6) is 0.539. The van der Waals surface area contributed by atoms with Gasteiger partial charge in [0.05, 0.1) is 16.6 Å². The maximum atomic E-state index is 13.0. The van der Waals surface area contributed by atoms with E-state index in [0.29, 0.717) is 40.3 Å². The number of halogens is 4. The molecule has 0 radical (unpaired) electrons. The van der Waals surface area contributed by atoms with Crippen molar-refractivity contribution < 1.29 is 27.4 Å². The van der Waals surface area contributed by atoms with Gasteiger partial charge in [0.25, 0.3) is 5.91 Å². The fraction of sp³-hybridized carbons (Fsp3) is 0.160. The zero-order chi connectivity index (χ0) is 23.6. The second-order valence-corrected chi connectivity index (χ2v) is 8.16. The number of nitrogens with one attached hydrogen (secondary N) is 1. The van der Waals surface area contributed by atoms with E-state index >= 15 is 0 Å². The van der Waals surface area contributed by atoms with E-state index in [0.717, 1.165) is 17.7 Å². The van der Waals surface area contributed by atoms with E-state index in [9.17, 15) is 18.0 Å². The van der Waals surface area contributed by atoms with Crippen molar-refractivity contribution in [1.82, 2.24) is 0 Å². The average molecular weight is 518 g/mol. The molecule has 0 bridgehead atoms. The molecule has 0 atom stereocenters. The monoisotopic (exact) mass is 517 g/mol. The van der Waals surface area contributed by atoms with Crippen molar-refractivity contribution >= 4 is 39.2 Å². The topological polar surface area (TPSA) is 47.6 Å². The van der Waals surface area contributed by atoms with Crippen LogP contribution in [0.3, 0.4) is 0 Å². The quantitative estimate of drug-likeness (QED) is 0.360. The number of alkyl halides is 3. The Morgan fingerprint density at radius 3 is 2.48 bits per heavy atom.